The zero-order valence-corrected chi connectivity index (χ0v) is 15.9. The number of benzene rings is 1. The van der Waals surface area contributed by atoms with Crippen LogP contribution in [0.3, 0.4) is 0 Å². The quantitative estimate of drug-likeness (QED) is 0.754. The predicted octanol–water partition coefficient (Wildman–Crippen LogP) is 3.33. The van der Waals surface area contributed by atoms with Crippen LogP contribution < -0.4 is 5.32 Å². The molecule has 1 aromatic heterocycles. The van der Waals surface area contributed by atoms with E-state index in [2.05, 4.69) is 5.32 Å². The molecule has 2 rings (SSSR count). The molecule has 0 saturated heterocycles. The standard InChI is InChI=1S/C19H22N2O4S/c1-4-21(5-2)18(23)14-7-9-15(10-8-14)20-17(22)12-25-19(24)16-11-6-13(3)26-16/h6-11H,4-5,12H2,1-3H3,(H,20,22). The average Bonchev–Trinajstić information content (AvgIpc) is 3.08. The summed E-state index contributed by atoms with van der Waals surface area (Å²) in [7, 11) is 0. The largest absolute Gasteiger partial charge is 0.451 e. The molecule has 138 valence electrons. The van der Waals surface area contributed by atoms with Crippen molar-refractivity contribution >= 4 is 34.8 Å². The number of anilines is 1. The molecular weight excluding hydrogens is 352 g/mol. The number of rotatable bonds is 7. The first-order valence-corrected chi connectivity index (χ1v) is 9.19. The highest BCUT2D eigenvalue weighted by Gasteiger charge is 2.14. The van der Waals surface area contributed by atoms with Crippen LogP contribution in [0, 0.1) is 6.92 Å². The minimum atomic E-state index is -0.515. The molecule has 0 fully saturated rings. The van der Waals surface area contributed by atoms with Crippen LogP contribution in [-0.4, -0.2) is 42.4 Å². The molecule has 0 aliphatic carbocycles. The maximum absolute atomic E-state index is 12.2. The monoisotopic (exact) mass is 374 g/mol. The van der Waals surface area contributed by atoms with Crippen LogP contribution in [0.1, 0.15) is 38.8 Å². The molecular formula is C19H22N2O4S. The number of aryl methyl sites for hydroxylation is 1. The predicted molar refractivity (Wildman–Crippen MR) is 102 cm³/mol. The van der Waals surface area contributed by atoms with Crippen LogP contribution >= 0.6 is 11.3 Å². The van der Waals surface area contributed by atoms with Crippen molar-refractivity contribution in [3.05, 3.63) is 51.7 Å². The van der Waals surface area contributed by atoms with E-state index in [1.165, 1.54) is 11.3 Å². The highest BCUT2D eigenvalue weighted by Crippen LogP contribution is 2.16. The fourth-order valence-corrected chi connectivity index (χ4v) is 3.09. The van der Waals surface area contributed by atoms with Crippen LogP contribution in [0.5, 0.6) is 0 Å². The van der Waals surface area contributed by atoms with Crippen molar-refractivity contribution in [2.45, 2.75) is 20.8 Å². The molecule has 2 aromatic rings. The third-order valence-electron chi connectivity index (χ3n) is 3.74. The highest BCUT2D eigenvalue weighted by atomic mass is 32.1. The van der Waals surface area contributed by atoms with Gasteiger partial charge in [0.25, 0.3) is 11.8 Å². The van der Waals surface area contributed by atoms with Crippen molar-refractivity contribution in [2.75, 3.05) is 25.0 Å². The maximum atomic E-state index is 12.2. The number of carbonyl (C=O) groups is 3. The van der Waals surface area contributed by atoms with E-state index < -0.39 is 11.9 Å². The second-order valence-electron chi connectivity index (χ2n) is 5.59. The Kier molecular flexibility index (Phi) is 6.91. The summed E-state index contributed by atoms with van der Waals surface area (Å²) in [6.07, 6.45) is 0. The number of ether oxygens (including phenoxy) is 1. The van der Waals surface area contributed by atoms with E-state index in [0.717, 1.165) is 4.88 Å². The number of nitrogens with one attached hydrogen (secondary N) is 1. The second kappa shape index (κ2) is 9.15. The van der Waals surface area contributed by atoms with Crippen molar-refractivity contribution in [1.29, 1.82) is 0 Å². The van der Waals surface area contributed by atoms with Gasteiger partial charge in [-0.15, -0.1) is 11.3 Å². The van der Waals surface area contributed by atoms with Gasteiger partial charge in [0.15, 0.2) is 6.61 Å². The Balaban J connectivity index is 1.87. The maximum Gasteiger partial charge on any atom is 0.348 e. The van der Waals surface area contributed by atoms with E-state index in [0.29, 0.717) is 29.2 Å². The summed E-state index contributed by atoms with van der Waals surface area (Å²) in [6.45, 7) is 6.66. The van der Waals surface area contributed by atoms with Gasteiger partial charge in [-0.3, -0.25) is 9.59 Å². The van der Waals surface area contributed by atoms with Gasteiger partial charge in [0.05, 0.1) is 0 Å². The molecule has 26 heavy (non-hydrogen) atoms. The fraction of sp³-hybridized carbons (Fsp3) is 0.316. The number of nitrogens with zero attached hydrogens (tertiary/aromatic N) is 1. The van der Waals surface area contributed by atoms with Gasteiger partial charge in [0.1, 0.15) is 4.88 Å². The number of hydrogen-bond acceptors (Lipinski definition) is 5. The van der Waals surface area contributed by atoms with Gasteiger partial charge in [-0.25, -0.2) is 4.79 Å². The highest BCUT2D eigenvalue weighted by molar-refractivity contribution is 7.13. The Morgan fingerprint density at radius 1 is 1.04 bits per heavy atom. The molecule has 0 saturated carbocycles. The van der Waals surface area contributed by atoms with E-state index in [-0.39, 0.29) is 12.5 Å². The Morgan fingerprint density at radius 2 is 1.69 bits per heavy atom. The van der Waals surface area contributed by atoms with Crippen LogP contribution in [0.4, 0.5) is 5.69 Å². The zero-order chi connectivity index (χ0) is 19.1. The van der Waals surface area contributed by atoms with Gasteiger partial charge in [0.2, 0.25) is 0 Å². The molecule has 0 atom stereocenters. The lowest BCUT2D eigenvalue weighted by atomic mass is 10.2. The molecule has 0 aliphatic rings. The smallest absolute Gasteiger partial charge is 0.348 e. The normalized spacial score (nSPS) is 10.3. The van der Waals surface area contributed by atoms with Crippen LogP contribution in [0.25, 0.3) is 0 Å². The molecule has 0 spiro atoms. The number of amides is 2. The third kappa shape index (κ3) is 5.16. The van der Waals surface area contributed by atoms with Crippen molar-refractivity contribution in [3.8, 4) is 0 Å². The molecule has 7 heteroatoms. The minimum Gasteiger partial charge on any atom is -0.451 e. The molecule has 1 aromatic carbocycles. The zero-order valence-electron chi connectivity index (χ0n) is 15.1. The summed E-state index contributed by atoms with van der Waals surface area (Å²) in [5.74, 6) is -0.999. The van der Waals surface area contributed by atoms with Crippen molar-refractivity contribution < 1.29 is 19.1 Å². The Hall–Kier alpha value is -2.67. The first-order valence-electron chi connectivity index (χ1n) is 8.37. The summed E-state index contributed by atoms with van der Waals surface area (Å²) in [5.41, 5.74) is 1.10. The van der Waals surface area contributed by atoms with Gasteiger partial charge in [-0.1, -0.05) is 0 Å². The van der Waals surface area contributed by atoms with E-state index in [1.807, 2.05) is 26.8 Å². The van der Waals surface area contributed by atoms with E-state index in [1.54, 1.807) is 35.2 Å². The number of hydrogen-bond donors (Lipinski definition) is 1. The molecule has 0 unspecified atom stereocenters. The van der Waals surface area contributed by atoms with E-state index in [9.17, 15) is 14.4 Å². The van der Waals surface area contributed by atoms with Crippen LogP contribution in [0.15, 0.2) is 36.4 Å². The van der Waals surface area contributed by atoms with Crippen LogP contribution in [-0.2, 0) is 9.53 Å². The molecule has 1 N–H and O–H groups in total. The lowest BCUT2D eigenvalue weighted by Crippen LogP contribution is -2.30. The summed E-state index contributed by atoms with van der Waals surface area (Å²) < 4.78 is 5.00. The number of carbonyl (C=O) groups excluding carboxylic acids is 3. The summed E-state index contributed by atoms with van der Waals surface area (Å²) in [4.78, 5) is 39.2. The molecule has 0 bridgehead atoms. The van der Waals surface area contributed by atoms with Gasteiger partial charge in [-0.2, -0.15) is 0 Å². The Morgan fingerprint density at radius 3 is 2.23 bits per heavy atom. The third-order valence-corrected chi connectivity index (χ3v) is 4.72. The Bertz CT molecular complexity index is 779. The van der Waals surface area contributed by atoms with E-state index >= 15 is 0 Å². The summed E-state index contributed by atoms with van der Waals surface area (Å²) in [6, 6.07) is 10.1. The number of esters is 1. The average molecular weight is 374 g/mol. The molecule has 0 aliphatic heterocycles. The van der Waals surface area contributed by atoms with Crippen molar-refractivity contribution in [1.82, 2.24) is 4.90 Å². The minimum absolute atomic E-state index is 0.0481. The van der Waals surface area contributed by atoms with Gasteiger partial charge in [0, 0.05) is 29.2 Å². The molecule has 1 heterocycles. The fourth-order valence-electron chi connectivity index (χ4n) is 2.33. The van der Waals surface area contributed by atoms with Crippen molar-refractivity contribution in [3.63, 3.8) is 0 Å². The van der Waals surface area contributed by atoms with Gasteiger partial charge < -0.3 is 15.0 Å². The summed E-state index contributed by atoms with van der Waals surface area (Å²) in [5, 5.41) is 2.64. The number of thiophene rings is 1. The Labute approximate surface area is 156 Å². The van der Waals surface area contributed by atoms with Gasteiger partial charge in [-0.05, 0) is 57.2 Å². The lowest BCUT2D eigenvalue weighted by Gasteiger charge is -2.18. The lowest BCUT2D eigenvalue weighted by molar-refractivity contribution is -0.119. The van der Waals surface area contributed by atoms with Gasteiger partial charge >= 0.3 is 5.97 Å². The molecule has 2 amide bonds. The molecule has 6 nitrogen and oxygen atoms in total. The first kappa shape index (κ1) is 19.7. The van der Waals surface area contributed by atoms with E-state index in [4.69, 9.17) is 4.74 Å². The SMILES string of the molecule is CCN(CC)C(=O)c1ccc(NC(=O)COC(=O)c2ccc(C)s2)cc1. The van der Waals surface area contributed by atoms with Crippen molar-refractivity contribution in [2.24, 2.45) is 0 Å². The first-order chi connectivity index (χ1) is 12.4. The second-order valence-corrected chi connectivity index (χ2v) is 6.88. The summed E-state index contributed by atoms with van der Waals surface area (Å²) >= 11 is 1.32. The topological polar surface area (TPSA) is 75.7 Å². The molecule has 0 radical (unpaired) electrons. The van der Waals surface area contributed by atoms with Crippen LogP contribution in [0.2, 0.25) is 0 Å².